The Kier molecular flexibility index (Phi) is 20.3. The van der Waals surface area contributed by atoms with E-state index in [4.69, 9.17) is 23.8 Å². The van der Waals surface area contributed by atoms with E-state index in [2.05, 4.69) is 254 Å². The van der Waals surface area contributed by atoms with Crippen LogP contribution in [0.5, 0.6) is 0 Å². The van der Waals surface area contributed by atoms with Crippen LogP contribution in [-0.2, 0) is 21.7 Å². The van der Waals surface area contributed by atoms with Gasteiger partial charge in [-0.05, 0) is 164 Å². The highest BCUT2D eigenvalue weighted by Crippen LogP contribution is 2.66. The summed E-state index contributed by atoms with van der Waals surface area (Å²) in [6.07, 6.45) is 34.7. The first-order valence-corrected chi connectivity index (χ1v) is 42.7. The largest absolute Gasteiger partial charge is 0.456 e. The molecule has 556 valence electrons. The number of nitrogens with zero attached hydrogens (tertiary/aromatic N) is 4. The number of aromatic nitrogens is 3. The number of anilines is 3. The van der Waals surface area contributed by atoms with E-state index in [0.29, 0.717) is 17.6 Å². The summed E-state index contributed by atoms with van der Waals surface area (Å²) in [5.41, 5.74) is 28.9. The van der Waals surface area contributed by atoms with Gasteiger partial charge in [0.15, 0.2) is 11.6 Å². The van der Waals surface area contributed by atoms with Crippen molar-refractivity contribution in [1.82, 2.24) is 15.0 Å². The SMILES string of the molecule is CCCCCCCCC1(CCCCCCCC)c2cc(N(c3ccc4c(c3)C(C)(C)c3c5c(c6c(oc7ccccc76)c3-4)-c3ccccc3C5(C)C)c3nc(-c4ccccc4)nc(-c4ccccc4)n3)ccc2-c2cc3c(cc21)-c1c(ccc2oc4ccccc4c12)C3(CCCCCCCC)CCCCCCCC. The topological polar surface area (TPSA) is 68.2 Å². The number of rotatable bonds is 33. The Morgan fingerprint density at radius 2 is 0.734 bits per heavy atom. The first kappa shape index (κ1) is 72.5. The molecule has 17 rings (SSSR count). The van der Waals surface area contributed by atoms with Crippen LogP contribution in [0.3, 0.4) is 0 Å². The van der Waals surface area contributed by atoms with E-state index in [1.807, 2.05) is 0 Å². The van der Waals surface area contributed by atoms with E-state index < -0.39 is 5.41 Å². The lowest BCUT2D eigenvalue weighted by atomic mass is 9.68. The van der Waals surface area contributed by atoms with Crippen LogP contribution in [0.15, 0.2) is 203 Å². The van der Waals surface area contributed by atoms with Gasteiger partial charge < -0.3 is 8.83 Å². The van der Waals surface area contributed by atoms with Gasteiger partial charge in [0.2, 0.25) is 5.95 Å². The molecule has 13 aromatic rings. The third-order valence-electron chi connectivity index (χ3n) is 26.4. The maximum absolute atomic E-state index is 7.29. The van der Waals surface area contributed by atoms with Crippen molar-refractivity contribution in [3.63, 3.8) is 0 Å². The predicted molar refractivity (Wildman–Crippen MR) is 459 cm³/mol. The Balaban J connectivity index is 0.907. The molecular formula is C103H112N4O2. The molecule has 0 atom stereocenters. The summed E-state index contributed by atoms with van der Waals surface area (Å²) in [5.74, 6) is 1.87. The van der Waals surface area contributed by atoms with Crippen molar-refractivity contribution in [2.75, 3.05) is 4.90 Å². The zero-order valence-corrected chi connectivity index (χ0v) is 66.4. The van der Waals surface area contributed by atoms with Crippen LogP contribution in [0.2, 0.25) is 0 Å². The molecule has 0 spiro atoms. The average molecular weight is 1440 g/mol. The lowest BCUT2D eigenvalue weighted by Crippen LogP contribution is -2.27. The molecule has 3 heterocycles. The van der Waals surface area contributed by atoms with Crippen molar-refractivity contribution in [2.45, 2.75) is 257 Å². The zero-order chi connectivity index (χ0) is 74.4. The van der Waals surface area contributed by atoms with Gasteiger partial charge in [-0.3, -0.25) is 4.90 Å². The third-order valence-corrected chi connectivity index (χ3v) is 26.4. The van der Waals surface area contributed by atoms with Crippen molar-refractivity contribution in [3.05, 3.63) is 239 Å². The normalized spacial score (nSPS) is 14.8. The maximum atomic E-state index is 7.29. The van der Waals surface area contributed by atoms with Crippen molar-refractivity contribution in [3.8, 4) is 67.3 Å². The van der Waals surface area contributed by atoms with Crippen LogP contribution < -0.4 is 4.90 Å². The molecule has 6 heteroatoms. The molecule has 0 radical (unpaired) electrons. The van der Waals surface area contributed by atoms with Crippen molar-refractivity contribution < 1.29 is 8.83 Å². The molecule has 0 saturated carbocycles. The van der Waals surface area contributed by atoms with Crippen molar-refractivity contribution in [1.29, 1.82) is 0 Å². The van der Waals surface area contributed by atoms with Gasteiger partial charge in [0.05, 0.1) is 0 Å². The van der Waals surface area contributed by atoms with Crippen LogP contribution in [0.4, 0.5) is 17.3 Å². The number of para-hydroxylation sites is 2. The van der Waals surface area contributed by atoms with Crippen LogP contribution in [0.25, 0.3) is 111 Å². The van der Waals surface area contributed by atoms with E-state index in [1.165, 1.54) is 235 Å². The van der Waals surface area contributed by atoms with Crippen LogP contribution in [0, 0.1) is 0 Å². The number of benzene rings is 10. The minimum atomic E-state index is -0.456. The van der Waals surface area contributed by atoms with Crippen molar-refractivity contribution >= 4 is 61.2 Å². The summed E-state index contributed by atoms with van der Waals surface area (Å²) < 4.78 is 14.3. The Hall–Kier alpha value is -9.39. The van der Waals surface area contributed by atoms with Crippen LogP contribution >= 0.6 is 0 Å². The average Bonchev–Trinajstić information content (AvgIpc) is 1.51. The van der Waals surface area contributed by atoms with E-state index >= 15 is 0 Å². The van der Waals surface area contributed by atoms with Crippen LogP contribution in [-0.4, -0.2) is 15.0 Å². The van der Waals surface area contributed by atoms with Gasteiger partial charge in [0.25, 0.3) is 0 Å². The van der Waals surface area contributed by atoms with E-state index in [9.17, 15) is 0 Å². The standard InChI is InChI=1S/C103H112N4O2/c1-9-13-17-21-25-41-61-102(62-42-26-22-18-14-10-2)81-59-60-88-90(76-50-36-39-53-86(76)108-88)89(81)79-68-84-78(67-85(79)102)73-57-55-72(66-83(73)103(84,63-43-27-23-19-15-11-3)64-44-28-24-20-16-12-4)107(99-105-97(69-45-31-29-32-46-69)104-98(106-99)70-47-33-30-34-48-70)71-56-58-75-82(65-71)101(7,8)95-93(75)96-92(77-51-37-40-54-87(77)109-96)91-74-49-35-38-52-80(74)100(5,6)94(91)95/h29-40,45-60,65-68H,9-28,41-44,61-64H2,1-8H3. The fraction of sp³-hybridized carbons (Fsp3) is 0.388. The van der Waals surface area contributed by atoms with E-state index in [1.54, 1.807) is 11.1 Å². The molecule has 0 unspecified atom stereocenters. The predicted octanol–water partition coefficient (Wildman–Crippen LogP) is 30.6. The molecule has 0 N–H and O–H groups in total. The number of unbranched alkanes of at least 4 members (excludes halogenated alkanes) is 20. The molecular weight excluding hydrogens is 1330 g/mol. The number of fused-ring (bicyclic) bond motifs is 22. The Morgan fingerprint density at radius 1 is 0.303 bits per heavy atom. The second-order valence-corrected chi connectivity index (χ2v) is 34.0. The second kappa shape index (κ2) is 30.5. The van der Waals surface area contributed by atoms with Gasteiger partial charge in [-0.15, -0.1) is 0 Å². The van der Waals surface area contributed by atoms with Gasteiger partial charge in [-0.25, -0.2) is 4.98 Å². The van der Waals surface area contributed by atoms with Gasteiger partial charge in [0.1, 0.15) is 22.3 Å². The van der Waals surface area contributed by atoms with Gasteiger partial charge in [0, 0.05) is 71.3 Å². The summed E-state index contributed by atoms with van der Waals surface area (Å²) in [5, 5.41) is 4.92. The molecule has 0 fully saturated rings. The number of furan rings is 2. The van der Waals surface area contributed by atoms with Gasteiger partial charge >= 0.3 is 0 Å². The fourth-order valence-electron chi connectivity index (χ4n) is 21.0. The maximum Gasteiger partial charge on any atom is 0.238 e. The van der Waals surface area contributed by atoms with Gasteiger partial charge in [-0.1, -0.05) is 349 Å². The lowest BCUT2D eigenvalue weighted by Gasteiger charge is -2.35. The molecule has 0 amide bonds. The first-order valence-electron chi connectivity index (χ1n) is 42.7. The van der Waals surface area contributed by atoms with Gasteiger partial charge in [-0.2, -0.15) is 9.97 Å². The highest BCUT2D eigenvalue weighted by atomic mass is 16.3. The van der Waals surface area contributed by atoms with E-state index in [0.717, 1.165) is 88.7 Å². The summed E-state index contributed by atoms with van der Waals surface area (Å²) in [6.45, 7) is 19.3. The summed E-state index contributed by atoms with van der Waals surface area (Å²) in [6, 6.07) is 73.4. The lowest BCUT2D eigenvalue weighted by molar-refractivity contribution is 0.394. The van der Waals surface area contributed by atoms with Crippen LogP contribution in [0.1, 0.15) is 280 Å². The first-order chi connectivity index (χ1) is 53.4. The highest BCUT2D eigenvalue weighted by molar-refractivity contribution is 6.21. The molecule has 3 aromatic heterocycles. The molecule has 10 aromatic carbocycles. The van der Waals surface area contributed by atoms with Crippen molar-refractivity contribution in [2.24, 2.45) is 0 Å². The number of hydrogen-bond donors (Lipinski definition) is 0. The molecule has 0 aliphatic heterocycles. The summed E-state index contributed by atoms with van der Waals surface area (Å²) in [7, 11) is 0. The monoisotopic (exact) mass is 1440 g/mol. The summed E-state index contributed by atoms with van der Waals surface area (Å²) >= 11 is 0. The highest BCUT2D eigenvalue weighted by Gasteiger charge is 2.51. The smallest absolute Gasteiger partial charge is 0.238 e. The fourth-order valence-corrected chi connectivity index (χ4v) is 21.0. The third kappa shape index (κ3) is 12.6. The quantitative estimate of drug-likeness (QED) is 0.0382. The minimum absolute atomic E-state index is 0.148. The Morgan fingerprint density at radius 3 is 1.31 bits per heavy atom. The zero-order valence-electron chi connectivity index (χ0n) is 66.4. The Bertz CT molecular complexity index is 5400. The minimum Gasteiger partial charge on any atom is -0.456 e. The molecule has 109 heavy (non-hydrogen) atoms. The molecule has 6 nitrogen and oxygen atoms in total. The molecule has 0 saturated heterocycles. The molecule has 0 bridgehead atoms. The molecule has 4 aliphatic carbocycles. The molecule has 4 aliphatic rings. The Labute approximate surface area is 648 Å². The van der Waals surface area contributed by atoms with E-state index in [-0.39, 0.29) is 16.2 Å². The number of hydrogen-bond acceptors (Lipinski definition) is 6. The second-order valence-electron chi connectivity index (χ2n) is 34.0. The summed E-state index contributed by atoms with van der Waals surface area (Å²) in [4.78, 5) is 19.3.